The Morgan fingerprint density at radius 2 is 1.76 bits per heavy atom. The van der Waals surface area contributed by atoms with Crippen LogP contribution < -0.4 is 10.6 Å². The van der Waals surface area contributed by atoms with Gasteiger partial charge in [0.1, 0.15) is 0 Å². The lowest BCUT2D eigenvalue weighted by Gasteiger charge is -2.06. The largest absolute Gasteiger partial charge is 0.385 e. The van der Waals surface area contributed by atoms with Gasteiger partial charge in [0, 0.05) is 37.6 Å². The third-order valence-corrected chi connectivity index (χ3v) is 3.45. The van der Waals surface area contributed by atoms with Crippen LogP contribution in [0.15, 0.2) is 60.7 Å². The third-order valence-electron chi connectivity index (χ3n) is 3.45. The monoisotopic (exact) mass is 338 g/mol. The van der Waals surface area contributed by atoms with Crippen molar-refractivity contribution in [2.75, 3.05) is 25.6 Å². The van der Waals surface area contributed by atoms with Gasteiger partial charge in [-0.05, 0) is 42.3 Å². The molecule has 0 heterocycles. The molecule has 2 N–H and O–H groups in total. The summed E-state index contributed by atoms with van der Waals surface area (Å²) in [4.78, 5) is 23.9. The van der Waals surface area contributed by atoms with Gasteiger partial charge in [-0.3, -0.25) is 9.59 Å². The van der Waals surface area contributed by atoms with Gasteiger partial charge in [-0.1, -0.05) is 30.3 Å². The molecule has 0 aliphatic rings. The molecule has 2 amide bonds. The second kappa shape index (κ2) is 10.1. The van der Waals surface area contributed by atoms with Crippen molar-refractivity contribution in [3.05, 3.63) is 71.8 Å². The number of benzene rings is 2. The molecule has 5 nitrogen and oxygen atoms in total. The van der Waals surface area contributed by atoms with Crippen molar-refractivity contribution in [2.45, 2.75) is 6.42 Å². The number of hydrogen-bond acceptors (Lipinski definition) is 3. The van der Waals surface area contributed by atoms with E-state index >= 15 is 0 Å². The number of carbonyl (C=O) groups is 2. The minimum atomic E-state index is -0.222. The van der Waals surface area contributed by atoms with Crippen molar-refractivity contribution >= 4 is 23.6 Å². The van der Waals surface area contributed by atoms with Crippen molar-refractivity contribution in [1.29, 1.82) is 0 Å². The van der Waals surface area contributed by atoms with E-state index in [2.05, 4.69) is 10.6 Å². The molecule has 2 aromatic rings. The number of nitrogens with one attached hydrogen (secondary N) is 2. The van der Waals surface area contributed by atoms with Crippen LogP contribution in [0.4, 0.5) is 5.69 Å². The fraction of sp³-hybridized carbons (Fsp3) is 0.200. The van der Waals surface area contributed by atoms with Gasteiger partial charge in [-0.15, -0.1) is 0 Å². The molecule has 0 saturated heterocycles. The Bertz CT molecular complexity index is 709. The summed E-state index contributed by atoms with van der Waals surface area (Å²) >= 11 is 0. The second-order valence-corrected chi connectivity index (χ2v) is 5.41. The molecule has 5 heteroatoms. The Balaban J connectivity index is 1.84. The first kappa shape index (κ1) is 18.4. The van der Waals surface area contributed by atoms with Crippen LogP contribution in [-0.4, -0.2) is 32.1 Å². The van der Waals surface area contributed by atoms with E-state index in [9.17, 15) is 9.59 Å². The molecular weight excluding hydrogens is 316 g/mol. The van der Waals surface area contributed by atoms with Crippen LogP contribution in [0.25, 0.3) is 6.08 Å². The summed E-state index contributed by atoms with van der Waals surface area (Å²) in [5.41, 5.74) is 2.15. The van der Waals surface area contributed by atoms with Crippen molar-refractivity contribution in [3.8, 4) is 0 Å². The first-order chi connectivity index (χ1) is 12.2. The predicted molar refractivity (Wildman–Crippen MR) is 99.4 cm³/mol. The van der Waals surface area contributed by atoms with Crippen molar-refractivity contribution in [2.24, 2.45) is 0 Å². The average molecular weight is 338 g/mol. The van der Waals surface area contributed by atoms with Gasteiger partial charge in [-0.2, -0.15) is 0 Å². The quantitative estimate of drug-likeness (QED) is 0.574. The van der Waals surface area contributed by atoms with Gasteiger partial charge in [0.2, 0.25) is 5.91 Å². The molecule has 25 heavy (non-hydrogen) atoms. The summed E-state index contributed by atoms with van der Waals surface area (Å²) < 4.78 is 4.93. The fourth-order valence-electron chi connectivity index (χ4n) is 2.15. The minimum absolute atomic E-state index is 0.141. The van der Waals surface area contributed by atoms with E-state index in [1.165, 1.54) is 6.08 Å². The van der Waals surface area contributed by atoms with Gasteiger partial charge < -0.3 is 15.4 Å². The van der Waals surface area contributed by atoms with Gasteiger partial charge in [-0.25, -0.2) is 0 Å². The van der Waals surface area contributed by atoms with Crippen molar-refractivity contribution in [3.63, 3.8) is 0 Å². The first-order valence-electron chi connectivity index (χ1n) is 8.10. The Hall–Kier alpha value is -2.92. The number of carbonyl (C=O) groups excluding carboxylic acids is 2. The molecule has 0 unspecified atom stereocenters. The van der Waals surface area contributed by atoms with Crippen LogP contribution in [-0.2, 0) is 9.53 Å². The van der Waals surface area contributed by atoms with Crippen LogP contribution in [0.3, 0.4) is 0 Å². The number of amides is 2. The summed E-state index contributed by atoms with van der Waals surface area (Å²) in [6, 6.07) is 16.4. The molecule has 0 fully saturated rings. The Kier molecular flexibility index (Phi) is 7.41. The smallest absolute Gasteiger partial charge is 0.251 e. The number of rotatable bonds is 8. The van der Waals surface area contributed by atoms with Crippen LogP contribution in [0.1, 0.15) is 22.3 Å². The molecule has 130 valence electrons. The highest BCUT2D eigenvalue weighted by Crippen LogP contribution is 2.10. The number of ether oxygens (including phenoxy) is 1. The highest BCUT2D eigenvalue weighted by atomic mass is 16.5. The molecular formula is C20H22N2O3. The molecule has 0 bridgehead atoms. The van der Waals surface area contributed by atoms with Crippen LogP contribution in [0, 0.1) is 0 Å². The predicted octanol–water partition coefficient (Wildman–Crippen LogP) is 3.10. The zero-order valence-electron chi connectivity index (χ0n) is 14.2. The molecule has 0 aliphatic carbocycles. The van der Waals surface area contributed by atoms with Crippen molar-refractivity contribution in [1.82, 2.24) is 5.32 Å². The maximum atomic E-state index is 12.0. The number of methoxy groups -OCH3 is 1. The second-order valence-electron chi connectivity index (χ2n) is 5.41. The summed E-state index contributed by atoms with van der Waals surface area (Å²) in [5.74, 6) is -0.362. The molecule has 0 atom stereocenters. The van der Waals surface area contributed by atoms with Crippen LogP contribution in [0.5, 0.6) is 0 Å². The zero-order chi connectivity index (χ0) is 17.9. The van der Waals surface area contributed by atoms with Crippen LogP contribution >= 0.6 is 0 Å². The topological polar surface area (TPSA) is 67.4 Å². The molecule has 0 aliphatic heterocycles. The summed E-state index contributed by atoms with van der Waals surface area (Å²) in [7, 11) is 1.63. The van der Waals surface area contributed by atoms with E-state index in [-0.39, 0.29) is 11.8 Å². The Morgan fingerprint density at radius 1 is 1.04 bits per heavy atom. The highest BCUT2D eigenvalue weighted by Gasteiger charge is 2.05. The molecule has 0 spiro atoms. The zero-order valence-corrected chi connectivity index (χ0v) is 14.2. The van der Waals surface area contributed by atoms with Crippen LogP contribution in [0.2, 0.25) is 0 Å². The summed E-state index contributed by atoms with van der Waals surface area (Å²) in [6.07, 6.45) is 3.99. The van der Waals surface area contributed by atoms with E-state index in [0.29, 0.717) is 24.4 Å². The third kappa shape index (κ3) is 6.61. The fourth-order valence-corrected chi connectivity index (χ4v) is 2.15. The van der Waals surface area contributed by atoms with E-state index in [1.54, 1.807) is 37.5 Å². The molecule has 0 radical (unpaired) electrons. The normalized spacial score (nSPS) is 10.6. The van der Waals surface area contributed by atoms with E-state index in [0.717, 1.165) is 12.0 Å². The van der Waals surface area contributed by atoms with Gasteiger partial charge >= 0.3 is 0 Å². The number of hydrogen-bond donors (Lipinski definition) is 2. The number of anilines is 1. The van der Waals surface area contributed by atoms with Gasteiger partial charge in [0.25, 0.3) is 5.91 Å². The lowest BCUT2D eigenvalue weighted by atomic mass is 10.2. The van der Waals surface area contributed by atoms with Gasteiger partial charge in [0.05, 0.1) is 0 Å². The maximum Gasteiger partial charge on any atom is 0.251 e. The van der Waals surface area contributed by atoms with E-state index in [1.807, 2.05) is 30.3 Å². The lowest BCUT2D eigenvalue weighted by molar-refractivity contribution is -0.111. The molecule has 0 saturated carbocycles. The molecule has 2 rings (SSSR count). The summed E-state index contributed by atoms with van der Waals surface area (Å²) in [6.45, 7) is 1.18. The standard InChI is InChI=1S/C20H22N2O3/c1-25-15-5-14-21-20(24)17-9-11-18(12-10-17)22-19(23)13-8-16-6-3-2-4-7-16/h2-4,6-13H,5,14-15H2,1H3,(H,21,24)(H,22,23)/b13-8+. The first-order valence-corrected chi connectivity index (χ1v) is 8.10. The Morgan fingerprint density at radius 3 is 2.44 bits per heavy atom. The van der Waals surface area contributed by atoms with E-state index < -0.39 is 0 Å². The lowest BCUT2D eigenvalue weighted by Crippen LogP contribution is -2.25. The van der Waals surface area contributed by atoms with Gasteiger partial charge in [0.15, 0.2) is 0 Å². The maximum absolute atomic E-state index is 12.0. The molecule has 0 aromatic heterocycles. The summed E-state index contributed by atoms with van der Waals surface area (Å²) in [5, 5.41) is 5.58. The minimum Gasteiger partial charge on any atom is -0.385 e. The Labute approximate surface area is 147 Å². The average Bonchev–Trinajstić information content (AvgIpc) is 2.65. The highest BCUT2D eigenvalue weighted by molar-refractivity contribution is 6.02. The molecule has 2 aromatic carbocycles. The van der Waals surface area contributed by atoms with Crippen molar-refractivity contribution < 1.29 is 14.3 Å². The van der Waals surface area contributed by atoms with E-state index in [4.69, 9.17) is 4.74 Å². The SMILES string of the molecule is COCCCNC(=O)c1ccc(NC(=O)/C=C/c2ccccc2)cc1.